The summed E-state index contributed by atoms with van der Waals surface area (Å²) in [6.07, 6.45) is 1.56. The van der Waals surface area contributed by atoms with E-state index >= 15 is 0 Å². The molecule has 1 aromatic carbocycles. The zero-order chi connectivity index (χ0) is 20.7. The highest BCUT2D eigenvalue weighted by atomic mass is 19.2. The number of aromatic nitrogens is 4. The molecule has 4 aromatic rings. The molecule has 1 aliphatic heterocycles. The molecule has 152 valence electrons. The van der Waals surface area contributed by atoms with Gasteiger partial charge in [0, 0.05) is 31.7 Å². The Bertz CT molecular complexity index is 1220. The Morgan fingerprint density at radius 2 is 1.80 bits per heavy atom. The number of carbonyl (C=O) groups excluding carboxylic acids is 1. The van der Waals surface area contributed by atoms with Gasteiger partial charge in [-0.25, -0.2) is 8.78 Å². The largest absolute Gasteiger partial charge is 0.461 e. The van der Waals surface area contributed by atoms with Crippen LogP contribution < -0.4 is 4.90 Å². The molecular weight excluding hydrogens is 394 g/mol. The first-order valence-corrected chi connectivity index (χ1v) is 9.36. The molecule has 0 bridgehead atoms. The first-order valence-electron chi connectivity index (χ1n) is 9.36. The number of fused-ring (bicyclic) bond motifs is 1. The molecule has 0 saturated carbocycles. The van der Waals surface area contributed by atoms with Crippen LogP contribution in [0, 0.1) is 11.6 Å². The van der Waals surface area contributed by atoms with Crippen molar-refractivity contribution in [2.45, 2.75) is 0 Å². The molecule has 5 rings (SSSR count). The normalized spacial score (nSPS) is 14.5. The van der Waals surface area contributed by atoms with Crippen molar-refractivity contribution >= 4 is 17.4 Å². The molecule has 0 N–H and O–H groups in total. The number of hydrogen-bond donors (Lipinski definition) is 0. The second-order valence-corrected chi connectivity index (χ2v) is 6.87. The number of piperazine rings is 1. The summed E-state index contributed by atoms with van der Waals surface area (Å²) in [7, 11) is 0. The van der Waals surface area contributed by atoms with Gasteiger partial charge in [-0.1, -0.05) is 0 Å². The van der Waals surface area contributed by atoms with Crippen molar-refractivity contribution in [3.8, 4) is 11.6 Å². The zero-order valence-corrected chi connectivity index (χ0v) is 15.7. The van der Waals surface area contributed by atoms with Gasteiger partial charge in [0.1, 0.15) is 5.82 Å². The molecule has 1 amide bonds. The van der Waals surface area contributed by atoms with E-state index in [4.69, 9.17) is 4.42 Å². The quantitative estimate of drug-likeness (QED) is 0.517. The summed E-state index contributed by atoms with van der Waals surface area (Å²) < 4.78 is 33.6. The molecule has 1 fully saturated rings. The number of furan rings is 1. The Morgan fingerprint density at radius 3 is 2.53 bits per heavy atom. The molecule has 0 atom stereocenters. The maximum atomic E-state index is 13.4. The molecular formula is C20H16F2N6O2. The standard InChI is InChI=1S/C20H16F2N6O2/c21-14-4-3-13(12-15(14)22)20(29)27-9-7-26(8-10-27)18-6-5-17-23-24-19(28(17)25-18)16-2-1-11-30-16/h1-6,11-12H,7-10H2. The first kappa shape index (κ1) is 18.2. The van der Waals surface area contributed by atoms with E-state index in [0.717, 1.165) is 18.0 Å². The second kappa shape index (κ2) is 7.21. The summed E-state index contributed by atoms with van der Waals surface area (Å²) in [5.41, 5.74) is 0.728. The average molecular weight is 410 g/mol. The lowest BCUT2D eigenvalue weighted by Crippen LogP contribution is -2.49. The van der Waals surface area contributed by atoms with E-state index in [2.05, 4.69) is 15.3 Å². The van der Waals surface area contributed by atoms with E-state index in [1.807, 2.05) is 17.0 Å². The number of amides is 1. The highest BCUT2D eigenvalue weighted by Crippen LogP contribution is 2.21. The van der Waals surface area contributed by atoms with Crippen LogP contribution in [0.1, 0.15) is 10.4 Å². The fraction of sp³-hybridized carbons (Fsp3) is 0.200. The lowest BCUT2D eigenvalue weighted by molar-refractivity contribution is 0.0746. The summed E-state index contributed by atoms with van der Waals surface area (Å²) >= 11 is 0. The molecule has 3 aromatic heterocycles. The van der Waals surface area contributed by atoms with Crippen LogP contribution in [0.4, 0.5) is 14.6 Å². The minimum absolute atomic E-state index is 0.134. The molecule has 0 spiro atoms. The van der Waals surface area contributed by atoms with Crippen LogP contribution in [-0.4, -0.2) is 56.8 Å². The first-order chi connectivity index (χ1) is 14.6. The van der Waals surface area contributed by atoms with E-state index in [1.165, 1.54) is 6.07 Å². The van der Waals surface area contributed by atoms with Gasteiger partial charge >= 0.3 is 0 Å². The van der Waals surface area contributed by atoms with Crippen LogP contribution in [0.15, 0.2) is 53.1 Å². The van der Waals surface area contributed by atoms with Crippen molar-refractivity contribution in [1.29, 1.82) is 0 Å². The van der Waals surface area contributed by atoms with Gasteiger partial charge in [-0.05, 0) is 42.5 Å². The topological polar surface area (TPSA) is 79.8 Å². The van der Waals surface area contributed by atoms with Gasteiger partial charge in [-0.15, -0.1) is 15.3 Å². The van der Waals surface area contributed by atoms with Gasteiger partial charge in [0.2, 0.25) is 5.82 Å². The average Bonchev–Trinajstić information content (AvgIpc) is 3.44. The number of anilines is 1. The molecule has 10 heteroatoms. The number of nitrogens with zero attached hydrogens (tertiary/aromatic N) is 6. The number of benzene rings is 1. The van der Waals surface area contributed by atoms with Crippen LogP contribution in [0.5, 0.6) is 0 Å². The van der Waals surface area contributed by atoms with E-state index in [0.29, 0.717) is 43.4 Å². The fourth-order valence-corrected chi connectivity index (χ4v) is 3.46. The lowest BCUT2D eigenvalue weighted by atomic mass is 10.1. The zero-order valence-electron chi connectivity index (χ0n) is 15.7. The predicted molar refractivity (Wildman–Crippen MR) is 103 cm³/mol. The number of halogens is 2. The van der Waals surface area contributed by atoms with Crippen molar-refractivity contribution in [1.82, 2.24) is 24.7 Å². The molecule has 0 aliphatic carbocycles. The van der Waals surface area contributed by atoms with E-state index < -0.39 is 11.6 Å². The highest BCUT2D eigenvalue weighted by molar-refractivity contribution is 5.94. The summed E-state index contributed by atoms with van der Waals surface area (Å²) in [4.78, 5) is 16.3. The maximum absolute atomic E-state index is 13.4. The van der Waals surface area contributed by atoms with Crippen LogP contribution >= 0.6 is 0 Å². The predicted octanol–water partition coefficient (Wildman–Crippen LogP) is 2.62. The third-order valence-electron chi connectivity index (χ3n) is 5.05. The molecule has 1 aliphatic rings. The highest BCUT2D eigenvalue weighted by Gasteiger charge is 2.24. The van der Waals surface area contributed by atoms with Gasteiger partial charge in [0.05, 0.1) is 6.26 Å². The van der Waals surface area contributed by atoms with Crippen molar-refractivity contribution in [2.75, 3.05) is 31.1 Å². The third-order valence-corrected chi connectivity index (χ3v) is 5.05. The van der Waals surface area contributed by atoms with Crippen molar-refractivity contribution in [3.63, 3.8) is 0 Å². The smallest absolute Gasteiger partial charge is 0.254 e. The Kier molecular flexibility index (Phi) is 4.38. The minimum atomic E-state index is -1.03. The van der Waals surface area contributed by atoms with Crippen LogP contribution in [-0.2, 0) is 0 Å². The Hall–Kier alpha value is -3.82. The van der Waals surface area contributed by atoms with Gasteiger partial charge in [0.25, 0.3) is 5.91 Å². The van der Waals surface area contributed by atoms with Gasteiger partial charge < -0.3 is 14.2 Å². The second-order valence-electron chi connectivity index (χ2n) is 6.87. The third kappa shape index (κ3) is 3.15. The van der Waals surface area contributed by atoms with Crippen LogP contribution in [0.2, 0.25) is 0 Å². The summed E-state index contributed by atoms with van der Waals surface area (Å²) in [5, 5.41) is 12.9. The Labute approximate surface area is 169 Å². The van der Waals surface area contributed by atoms with Gasteiger partial charge in [-0.3, -0.25) is 4.79 Å². The monoisotopic (exact) mass is 410 g/mol. The fourth-order valence-electron chi connectivity index (χ4n) is 3.46. The maximum Gasteiger partial charge on any atom is 0.254 e. The minimum Gasteiger partial charge on any atom is -0.461 e. The number of rotatable bonds is 3. The molecule has 30 heavy (non-hydrogen) atoms. The molecule has 4 heterocycles. The lowest BCUT2D eigenvalue weighted by Gasteiger charge is -2.35. The van der Waals surface area contributed by atoms with Crippen molar-refractivity contribution in [2.24, 2.45) is 0 Å². The summed E-state index contributed by atoms with van der Waals surface area (Å²) in [6, 6.07) is 10.4. The van der Waals surface area contributed by atoms with E-state index in [9.17, 15) is 13.6 Å². The van der Waals surface area contributed by atoms with E-state index in [-0.39, 0.29) is 11.5 Å². The Balaban J connectivity index is 1.33. The number of hydrogen-bond acceptors (Lipinski definition) is 6. The summed E-state index contributed by atoms with van der Waals surface area (Å²) in [5.74, 6) is -0.539. The van der Waals surface area contributed by atoms with Crippen molar-refractivity contribution in [3.05, 3.63) is 65.9 Å². The van der Waals surface area contributed by atoms with Crippen molar-refractivity contribution < 1.29 is 18.0 Å². The van der Waals surface area contributed by atoms with Crippen LogP contribution in [0.3, 0.4) is 0 Å². The molecule has 0 radical (unpaired) electrons. The molecule has 0 unspecified atom stereocenters. The molecule has 8 nitrogen and oxygen atoms in total. The van der Waals surface area contributed by atoms with E-state index in [1.54, 1.807) is 27.8 Å². The summed E-state index contributed by atoms with van der Waals surface area (Å²) in [6.45, 7) is 1.97. The molecule has 1 saturated heterocycles. The van der Waals surface area contributed by atoms with Crippen LogP contribution in [0.25, 0.3) is 17.2 Å². The van der Waals surface area contributed by atoms with Gasteiger partial charge in [0.15, 0.2) is 23.0 Å². The number of carbonyl (C=O) groups is 1. The Morgan fingerprint density at radius 1 is 0.967 bits per heavy atom. The van der Waals surface area contributed by atoms with Gasteiger partial charge in [-0.2, -0.15) is 4.52 Å². The SMILES string of the molecule is O=C(c1ccc(F)c(F)c1)N1CCN(c2ccc3nnc(-c4ccco4)n3n2)CC1.